The van der Waals surface area contributed by atoms with Crippen LogP contribution in [0.15, 0.2) is 229 Å². The summed E-state index contributed by atoms with van der Waals surface area (Å²) < 4.78 is 9.10. The fraction of sp³-hybridized carbons (Fsp3) is 0. The van der Waals surface area contributed by atoms with Crippen molar-refractivity contribution in [1.29, 1.82) is 0 Å². The number of anilines is 3. The first-order valence-electron chi connectivity index (χ1n) is 20.7. The molecule has 0 unspecified atom stereocenters. The van der Waals surface area contributed by atoms with E-state index in [1.54, 1.807) is 0 Å². The molecule has 2 aromatic heterocycles. The summed E-state index contributed by atoms with van der Waals surface area (Å²) in [5.41, 5.74) is 14.5. The molecule has 0 amide bonds. The Morgan fingerprint density at radius 2 is 0.852 bits per heavy atom. The van der Waals surface area contributed by atoms with Crippen LogP contribution in [0.1, 0.15) is 0 Å². The number of para-hydroxylation sites is 3. The van der Waals surface area contributed by atoms with Crippen molar-refractivity contribution in [2.24, 2.45) is 0 Å². The van der Waals surface area contributed by atoms with Gasteiger partial charge in [-0.3, -0.25) is 0 Å². The van der Waals surface area contributed by atoms with E-state index in [-0.39, 0.29) is 0 Å². The SMILES string of the molecule is c1ccc(-c2cccc3cccc(-c4ccccc4N(c4ccc(-c5cccc6c5oc5ccccc56)cc4)c4ccc(-c5cccc6sc7ccccc7c56)cc4)c23)cc1. The molecule has 0 fully saturated rings. The van der Waals surface area contributed by atoms with Gasteiger partial charge in [0.15, 0.2) is 0 Å². The van der Waals surface area contributed by atoms with Crippen molar-refractivity contribution in [3.8, 4) is 44.5 Å². The molecule has 0 radical (unpaired) electrons. The molecular weight excluding hydrogens is 759 g/mol. The summed E-state index contributed by atoms with van der Waals surface area (Å²) in [6, 6.07) is 81.2. The summed E-state index contributed by atoms with van der Waals surface area (Å²) in [5.74, 6) is 0. The van der Waals surface area contributed by atoms with Gasteiger partial charge < -0.3 is 9.32 Å². The first kappa shape index (κ1) is 35.2. The molecule has 0 bridgehead atoms. The zero-order valence-electron chi connectivity index (χ0n) is 33.1. The average Bonchev–Trinajstić information content (AvgIpc) is 3.91. The van der Waals surface area contributed by atoms with Gasteiger partial charge in [-0.25, -0.2) is 0 Å². The van der Waals surface area contributed by atoms with Crippen LogP contribution in [0.2, 0.25) is 0 Å². The highest BCUT2D eigenvalue weighted by Gasteiger charge is 2.21. The molecule has 2 heterocycles. The quantitative estimate of drug-likeness (QED) is 0.160. The van der Waals surface area contributed by atoms with Crippen molar-refractivity contribution >= 4 is 81.3 Å². The monoisotopic (exact) mass is 795 g/mol. The van der Waals surface area contributed by atoms with Crippen LogP contribution < -0.4 is 4.90 Å². The lowest BCUT2D eigenvalue weighted by molar-refractivity contribution is 0.670. The standard InChI is InChI=1S/C58H37NOS/c1-2-14-38(15-3-1)44-21-10-16-41-17-11-24-49(56(41)44)47-18-4-7-26-52(47)59(42-34-30-39(31-35-42)45-22-13-29-55-57(45)51-20-6-9-28-54(51)61-55)43-36-32-40(33-37-43)46-23-12-25-50-48-19-5-8-27-53(48)60-58(46)50/h1-37H. The van der Waals surface area contributed by atoms with Crippen LogP contribution in [0.4, 0.5) is 17.1 Å². The normalized spacial score (nSPS) is 11.6. The number of nitrogens with zero attached hydrogens (tertiary/aromatic N) is 1. The van der Waals surface area contributed by atoms with Gasteiger partial charge >= 0.3 is 0 Å². The minimum Gasteiger partial charge on any atom is -0.455 e. The Morgan fingerprint density at radius 1 is 0.328 bits per heavy atom. The molecule has 10 aromatic carbocycles. The minimum absolute atomic E-state index is 0.903. The largest absolute Gasteiger partial charge is 0.455 e. The summed E-state index contributed by atoms with van der Waals surface area (Å²) in [6.07, 6.45) is 0. The first-order valence-corrected chi connectivity index (χ1v) is 21.6. The molecule has 12 rings (SSSR count). The van der Waals surface area contributed by atoms with Crippen LogP contribution in [-0.4, -0.2) is 0 Å². The zero-order chi connectivity index (χ0) is 40.3. The fourth-order valence-electron chi connectivity index (χ4n) is 9.32. The van der Waals surface area contributed by atoms with E-state index in [0.717, 1.165) is 55.7 Å². The molecule has 0 aliphatic carbocycles. The van der Waals surface area contributed by atoms with Gasteiger partial charge in [0.1, 0.15) is 11.2 Å². The van der Waals surface area contributed by atoms with E-state index in [0.29, 0.717) is 0 Å². The van der Waals surface area contributed by atoms with Gasteiger partial charge in [-0.2, -0.15) is 0 Å². The predicted molar refractivity (Wildman–Crippen MR) is 261 cm³/mol. The molecule has 286 valence electrons. The summed E-state index contributed by atoms with van der Waals surface area (Å²) in [7, 11) is 0. The summed E-state index contributed by atoms with van der Waals surface area (Å²) in [6.45, 7) is 0. The maximum atomic E-state index is 6.48. The Hall–Kier alpha value is -7.72. The molecule has 0 saturated carbocycles. The van der Waals surface area contributed by atoms with Crippen LogP contribution in [0, 0.1) is 0 Å². The Kier molecular flexibility index (Phi) is 8.39. The topological polar surface area (TPSA) is 16.4 Å². The lowest BCUT2D eigenvalue weighted by Crippen LogP contribution is -2.11. The first-order chi connectivity index (χ1) is 30.3. The van der Waals surface area contributed by atoms with Gasteiger partial charge in [-0.15, -0.1) is 11.3 Å². The Labute approximate surface area is 357 Å². The molecule has 61 heavy (non-hydrogen) atoms. The van der Waals surface area contributed by atoms with Crippen LogP contribution in [0.25, 0.3) is 97.4 Å². The Balaban J connectivity index is 1.03. The van der Waals surface area contributed by atoms with Gasteiger partial charge in [-0.05, 0) is 92.7 Å². The van der Waals surface area contributed by atoms with Gasteiger partial charge in [0, 0.05) is 53.4 Å². The molecule has 0 atom stereocenters. The number of hydrogen-bond acceptors (Lipinski definition) is 3. The molecular formula is C58H37NOS. The third-order valence-corrected chi connectivity index (χ3v) is 13.2. The summed E-state index contributed by atoms with van der Waals surface area (Å²) in [4.78, 5) is 2.41. The lowest BCUT2D eigenvalue weighted by Gasteiger charge is -2.29. The molecule has 2 nitrogen and oxygen atoms in total. The molecule has 0 spiro atoms. The number of hydrogen-bond donors (Lipinski definition) is 0. The van der Waals surface area contributed by atoms with Gasteiger partial charge in [0.05, 0.1) is 5.69 Å². The molecule has 0 N–H and O–H groups in total. The highest BCUT2D eigenvalue weighted by atomic mass is 32.1. The molecule has 0 aliphatic heterocycles. The summed E-state index contributed by atoms with van der Waals surface area (Å²) in [5, 5.41) is 7.34. The van der Waals surface area contributed by atoms with Crippen molar-refractivity contribution in [1.82, 2.24) is 0 Å². The molecule has 12 aromatic rings. The second-order valence-electron chi connectivity index (χ2n) is 15.6. The van der Waals surface area contributed by atoms with Crippen molar-refractivity contribution < 1.29 is 4.42 Å². The highest BCUT2D eigenvalue weighted by Crippen LogP contribution is 2.46. The number of thiophene rings is 1. The maximum Gasteiger partial charge on any atom is 0.143 e. The van der Waals surface area contributed by atoms with Gasteiger partial charge in [0.25, 0.3) is 0 Å². The van der Waals surface area contributed by atoms with E-state index in [4.69, 9.17) is 4.42 Å². The second-order valence-corrected chi connectivity index (χ2v) is 16.7. The molecule has 3 heteroatoms. The third-order valence-electron chi connectivity index (χ3n) is 12.1. The average molecular weight is 796 g/mol. The number of rotatable bonds is 7. The molecule has 0 saturated heterocycles. The zero-order valence-corrected chi connectivity index (χ0v) is 33.9. The van der Waals surface area contributed by atoms with Crippen LogP contribution >= 0.6 is 11.3 Å². The summed E-state index contributed by atoms with van der Waals surface area (Å²) >= 11 is 1.86. The highest BCUT2D eigenvalue weighted by molar-refractivity contribution is 7.25. The van der Waals surface area contributed by atoms with Crippen molar-refractivity contribution in [2.45, 2.75) is 0 Å². The van der Waals surface area contributed by atoms with E-state index < -0.39 is 0 Å². The van der Waals surface area contributed by atoms with E-state index in [2.05, 4.69) is 217 Å². The molecule has 0 aliphatic rings. The minimum atomic E-state index is 0.903. The van der Waals surface area contributed by atoms with Crippen molar-refractivity contribution in [2.75, 3.05) is 4.90 Å². The van der Waals surface area contributed by atoms with E-state index in [9.17, 15) is 0 Å². The lowest BCUT2D eigenvalue weighted by atomic mass is 9.90. The number of furan rings is 1. The van der Waals surface area contributed by atoms with Crippen LogP contribution in [0.5, 0.6) is 0 Å². The van der Waals surface area contributed by atoms with E-state index in [1.165, 1.54) is 58.8 Å². The van der Waals surface area contributed by atoms with Gasteiger partial charge in [-0.1, -0.05) is 176 Å². The van der Waals surface area contributed by atoms with Crippen molar-refractivity contribution in [3.63, 3.8) is 0 Å². The van der Waals surface area contributed by atoms with Crippen LogP contribution in [-0.2, 0) is 0 Å². The van der Waals surface area contributed by atoms with E-state index in [1.807, 2.05) is 23.5 Å². The third kappa shape index (κ3) is 5.93. The van der Waals surface area contributed by atoms with Crippen LogP contribution in [0.3, 0.4) is 0 Å². The predicted octanol–water partition coefficient (Wildman–Crippen LogP) is 17.2. The van der Waals surface area contributed by atoms with Gasteiger partial charge in [0.2, 0.25) is 0 Å². The van der Waals surface area contributed by atoms with E-state index >= 15 is 0 Å². The van der Waals surface area contributed by atoms with Crippen molar-refractivity contribution in [3.05, 3.63) is 224 Å². The Morgan fingerprint density at radius 3 is 1.64 bits per heavy atom. The second kappa shape index (κ2) is 14.5. The smallest absolute Gasteiger partial charge is 0.143 e. The maximum absolute atomic E-state index is 6.48. The fourth-order valence-corrected chi connectivity index (χ4v) is 10.4. The Bertz CT molecular complexity index is 3570. The number of fused-ring (bicyclic) bond motifs is 7. The number of benzene rings is 10.